The Hall–Kier alpha value is -1.84. The third kappa shape index (κ3) is 2.16. The lowest BCUT2D eigenvalue weighted by molar-refractivity contribution is -0.143. The van der Waals surface area contributed by atoms with Crippen molar-refractivity contribution in [1.82, 2.24) is 9.97 Å². The van der Waals surface area contributed by atoms with Crippen LogP contribution >= 0.6 is 0 Å². The summed E-state index contributed by atoms with van der Waals surface area (Å²) in [6, 6.07) is 7.73. The zero-order chi connectivity index (χ0) is 12.4. The van der Waals surface area contributed by atoms with Gasteiger partial charge < -0.3 is 9.72 Å². The van der Waals surface area contributed by atoms with Crippen LogP contribution in [0.1, 0.15) is 25.6 Å². The van der Waals surface area contributed by atoms with Gasteiger partial charge in [-0.3, -0.25) is 4.79 Å². The Labute approximate surface area is 100 Å². The fourth-order valence-electron chi connectivity index (χ4n) is 1.95. The maximum absolute atomic E-state index is 11.7. The third-order valence-electron chi connectivity index (χ3n) is 2.82. The van der Waals surface area contributed by atoms with Crippen LogP contribution in [0.5, 0.6) is 0 Å². The second-order valence-corrected chi connectivity index (χ2v) is 4.38. The van der Waals surface area contributed by atoms with Gasteiger partial charge in [0.15, 0.2) is 0 Å². The number of benzene rings is 1. The molecule has 1 heterocycles. The van der Waals surface area contributed by atoms with E-state index in [2.05, 4.69) is 9.97 Å². The molecule has 0 spiro atoms. The molecule has 1 aromatic heterocycles. The molecule has 0 saturated carbocycles. The Morgan fingerprint density at radius 1 is 1.35 bits per heavy atom. The molecule has 4 heteroatoms. The number of para-hydroxylation sites is 2. The van der Waals surface area contributed by atoms with Crippen LogP contribution in [0, 0.1) is 5.92 Å². The molecule has 0 amide bonds. The molecule has 90 valence electrons. The molecule has 0 aliphatic heterocycles. The summed E-state index contributed by atoms with van der Waals surface area (Å²) in [5, 5.41) is 0. The van der Waals surface area contributed by atoms with Gasteiger partial charge in [-0.25, -0.2) is 4.98 Å². The number of imidazole rings is 1. The lowest BCUT2D eigenvalue weighted by Gasteiger charge is -2.15. The van der Waals surface area contributed by atoms with E-state index in [9.17, 15) is 4.79 Å². The van der Waals surface area contributed by atoms with Crippen LogP contribution in [0.2, 0.25) is 0 Å². The topological polar surface area (TPSA) is 55.0 Å². The van der Waals surface area contributed by atoms with Crippen molar-refractivity contribution >= 4 is 17.0 Å². The second kappa shape index (κ2) is 4.57. The number of methoxy groups -OCH3 is 1. The number of rotatable bonds is 3. The first-order chi connectivity index (χ1) is 8.13. The number of nitrogens with zero attached hydrogens (tertiary/aromatic N) is 1. The lowest BCUT2D eigenvalue weighted by atomic mass is 9.95. The van der Waals surface area contributed by atoms with Crippen molar-refractivity contribution < 1.29 is 9.53 Å². The van der Waals surface area contributed by atoms with Crippen LogP contribution < -0.4 is 0 Å². The van der Waals surface area contributed by atoms with Crippen molar-refractivity contribution in [1.29, 1.82) is 0 Å². The Morgan fingerprint density at radius 2 is 2.06 bits per heavy atom. The van der Waals surface area contributed by atoms with Gasteiger partial charge in [0.2, 0.25) is 0 Å². The molecule has 2 rings (SSSR count). The van der Waals surface area contributed by atoms with E-state index >= 15 is 0 Å². The van der Waals surface area contributed by atoms with E-state index in [0.29, 0.717) is 5.82 Å². The number of ether oxygens (including phenoxy) is 1. The van der Waals surface area contributed by atoms with Gasteiger partial charge in [-0.2, -0.15) is 0 Å². The second-order valence-electron chi connectivity index (χ2n) is 4.38. The van der Waals surface area contributed by atoms with Crippen molar-refractivity contribution in [2.45, 2.75) is 19.8 Å². The van der Waals surface area contributed by atoms with Gasteiger partial charge in [-0.05, 0) is 18.1 Å². The fraction of sp³-hybridized carbons (Fsp3) is 0.385. The van der Waals surface area contributed by atoms with Crippen LogP contribution in [0.15, 0.2) is 24.3 Å². The number of H-pyrrole nitrogens is 1. The monoisotopic (exact) mass is 232 g/mol. The molecule has 0 aliphatic carbocycles. The molecule has 1 atom stereocenters. The molecule has 0 saturated heterocycles. The minimum absolute atomic E-state index is 0.142. The first-order valence-electron chi connectivity index (χ1n) is 5.66. The highest BCUT2D eigenvalue weighted by atomic mass is 16.5. The Morgan fingerprint density at radius 3 is 2.65 bits per heavy atom. The highest BCUT2D eigenvalue weighted by molar-refractivity contribution is 5.80. The summed E-state index contributed by atoms with van der Waals surface area (Å²) in [6.45, 7) is 3.96. The molecule has 0 fully saturated rings. The standard InChI is InChI=1S/C13H16N2O2/c1-8(2)11(13(16)17-3)12-14-9-6-4-5-7-10(9)15-12/h4-8,11H,1-3H3,(H,14,15). The number of hydrogen-bond donors (Lipinski definition) is 1. The van der Waals surface area contributed by atoms with Crippen molar-refractivity contribution in [2.24, 2.45) is 5.92 Å². The maximum atomic E-state index is 11.7. The molecule has 17 heavy (non-hydrogen) atoms. The van der Waals surface area contributed by atoms with Crippen LogP contribution in [0.3, 0.4) is 0 Å². The number of carbonyl (C=O) groups is 1. The summed E-state index contributed by atoms with van der Waals surface area (Å²) >= 11 is 0. The highest BCUT2D eigenvalue weighted by Crippen LogP contribution is 2.25. The summed E-state index contributed by atoms with van der Waals surface area (Å²) < 4.78 is 4.83. The Bertz CT molecular complexity index is 498. The van der Waals surface area contributed by atoms with E-state index in [-0.39, 0.29) is 17.8 Å². The van der Waals surface area contributed by atoms with Gasteiger partial charge in [0.25, 0.3) is 0 Å². The average Bonchev–Trinajstić information content (AvgIpc) is 2.71. The van der Waals surface area contributed by atoms with E-state index in [1.54, 1.807) is 0 Å². The van der Waals surface area contributed by atoms with Gasteiger partial charge in [-0.1, -0.05) is 26.0 Å². The summed E-state index contributed by atoms with van der Waals surface area (Å²) in [5.74, 6) is 0.225. The van der Waals surface area contributed by atoms with E-state index in [4.69, 9.17) is 4.74 Å². The third-order valence-corrected chi connectivity index (χ3v) is 2.82. The van der Waals surface area contributed by atoms with Gasteiger partial charge in [0.05, 0.1) is 18.1 Å². The predicted molar refractivity (Wildman–Crippen MR) is 65.7 cm³/mol. The number of nitrogens with one attached hydrogen (secondary N) is 1. The number of carbonyl (C=O) groups excluding carboxylic acids is 1. The number of aromatic nitrogens is 2. The van der Waals surface area contributed by atoms with Gasteiger partial charge in [-0.15, -0.1) is 0 Å². The molecule has 4 nitrogen and oxygen atoms in total. The Kier molecular flexibility index (Phi) is 3.13. The zero-order valence-corrected chi connectivity index (χ0v) is 10.2. The fourth-order valence-corrected chi connectivity index (χ4v) is 1.95. The van der Waals surface area contributed by atoms with Crippen molar-refractivity contribution in [3.63, 3.8) is 0 Å². The molecular weight excluding hydrogens is 216 g/mol. The number of esters is 1. The lowest BCUT2D eigenvalue weighted by Crippen LogP contribution is -2.20. The van der Waals surface area contributed by atoms with Gasteiger partial charge in [0.1, 0.15) is 11.7 Å². The first kappa shape index (κ1) is 11.6. The van der Waals surface area contributed by atoms with Crippen LogP contribution in [-0.2, 0) is 9.53 Å². The predicted octanol–water partition coefficient (Wildman–Crippen LogP) is 2.48. The molecule has 1 unspecified atom stereocenters. The summed E-state index contributed by atoms with van der Waals surface area (Å²) in [7, 11) is 1.40. The van der Waals surface area contributed by atoms with Crippen molar-refractivity contribution in [3.05, 3.63) is 30.1 Å². The first-order valence-corrected chi connectivity index (χ1v) is 5.66. The minimum Gasteiger partial charge on any atom is -0.468 e. The molecule has 2 aromatic rings. The molecule has 0 radical (unpaired) electrons. The average molecular weight is 232 g/mol. The molecular formula is C13H16N2O2. The maximum Gasteiger partial charge on any atom is 0.316 e. The zero-order valence-electron chi connectivity index (χ0n) is 10.2. The highest BCUT2D eigenvalue weighted by Gasteiger charge is 2.27. The molecule has 1 N–H and O–H groups in total. The quantitative estimate of drug-likeness (QED) is 0.827. The van der Waals surface area contributed by atoms with Crippen LogP contribution in [0.4, 0.5) is 0 Å². The van der Waals surface area contributed by atoms with E-state index < -0.39 is 0 Å². The normalized spacial score (nSPS) is 12.9. The largest absolute Gasteiger partial charge is 0.468 e. The van der Waals surface area contributed by atoms with E-state index in [1.165, 1.54) is 7.11 Å². The number of hydrogen-bond acceptors (Lipinski definition) is 3. The van der Waals surface area contributed by atoms with Crippen molar-refractivity contribution in [2.75, 3.05) is 7.11 Å². The van der Waals surface area contributed by atoms with Crippen molar-refractivity contribution in [3.8, 4) is 0 Å². The molecule has 0 bridgehead atoms. The minimum atomic E-state index is -0.340. The van der Waals surface area contributed by atoms with Crippen LogP contribution in [-0.4, -0.2) is 23.0 Å². The SMILES string of the molecule is COC(=O)C(c1nc2ccccc2[nH]1)C(C)C. The number of aromatic amines is 1. The van der Waals surface area contributed by atoms with E-state index in [0.717, 1.165) is 11.0 Å². The summed E-state index contributed by atoms with van der Waals surface area (Å²) in [4.78, 5) is 19.4. The number of fused-ring (bicyclic) bond motifs is 1. The smallest absolute Gasteiger partial charge is 0.316 e. The van der Waals surface area contributed by atoms with Gasteiger partial charge in [0, 0.05) is 0 Å². The molecule has 1 aromatic carbocycles. The van der Waals surface area contributed by atoms with Crippen LogP contribution in [0.25, 0.3) is 11.0 Å². The summed E-state index contributed by atoms with van der Waals surface area (Å²) in [5.41, 5.74) is 1.81. The summed E-state index contributed by atoms with van der Waals surface area (Å²) in [6.07, 6.45) is 0. The van der Waals surface area contributed by atoms with Gasteiger partial charge >= 0.3 is 5.97 Å². The Balaban J connectivity index is 2.45. The molecule has 0 aliphatic rings. The van der Waals surface area contributed by atoms with E-state index in [1.807, 2.05) is 38.1 Å².